The average Bonchev–Trinajstić information content (AvgIpc) is 3.46. The van der Waals surface area contributed by atoms with Crippen LogP contribution in [0, 0.1) is 5.92 Å². The van der Waals surface area contributed by atoms with Crippen LogP contribution < -0.4 is 10.6 Å². The van der Waals surface area contributed by atoms with Gasteiger partial charge in [0.15, 0.2) is 5.13 Å². The number of carbonyl (C=O) groups excluding carboxylic acids is 3. The smallest absolute Gasteiger partial charge is 0.243 e. The standard InChI is InChI=1S/C24H32N4O3S/c1-17(2)22(23(31)26-19-10-6-7-11-19)28(16-18-8-4-3-5-9-18)21(30)13-12-20(29)27-24-25-14-15-32-24/h3-5,8-9,14-15,17,19,22H,6-7,10-13,16H2,1-2H3,(H,26,31)(H,25,27,29). The van der Waals surface area contributed by atoms with Crippen LogP contribution in [0.4, 0.5) is 5.13 Å². The Hall–Kier alpha value is -2.74. The summed E-state index contributed by atoms with van der Waals surface area (Å²) in [4.78, 5) is 44.5. The van der Waals surface area contributed by atoms with Crippen LogP contribution in [0.5, 0.6) is 0 Å². The number of rotatable bonds is 10. The predicted octanol–water partition coefficient (Wildman–Crippen LogP) is 3.97. The minimum Gasteiger partial charge on any atom is -0.352 e. The molecule has 32 heavy (non-hydrogen) atoms. The van der Waals surface area contributed by atoms with Crippen LogP contribution in [0.1, 0.15) is 57.9 Å². The molecule has 1 aromatic heterocycles. The van der Waals surface area contributed by atoms with Crippen molar-refractivity contribution >= 4 is 34.2 Å². The van der Waals surface area contributed by atoms with Crippen molar-refractivity contribution in [3.05, 3.63) is 47.5 Å². The van der Waals surface area contributed by atoms with Crippen molar-refractivity contribution in [3.8, 4) is 0 Å². The fourth-order valence-corrected chi connectivity index (χ4v) is 4.66. The molecule has 0 bridgehead atoms. The molecule has 1 aliphatic carbocycles. The Morgan fingerprint density at radius 1 is 1.12 bits per heavy atom. The number of nitrogens with zero attached hydrogens (tertiary/aromatic N) is 2. The van der Waals surface area contributed by atoms with E-state index in [9.17, 15) is 14.4 Å². The third kappa shape index (κ3) is 6.88. The van der Waals surface area contributed by atoms with E-state index in [1.807, 2.05) is 44.2 Å². The lowest BCUT2D eigenvalue weighted by Crippen LogP contribution is -2.53. The molecule has 7 nitrogen and oxygen atoms in total. The van der Waals surface area contributed by atoms with Gasteiger partial charge in [-0.25, -0.2) is 4.98 Å². The summed E-state index contributed by atoms with van der Waals surface area (Å²) < 4.78 is 0. The molecule has 0 aliphatic heterocycles. The predicted molar refractivity (Wildman–Crippen MR) is 126 cm³/mol. The zero-order valence-electron chi connectivity index (χ0n) is 18.8. The van der Waals surface area contributed by atoms with Crippen molar-refractivity contribution in [2.24, 2.45) is 5.92 Å². The quantitative estimate of drug-likeness (QED) is 0.566. The van der Waals surface area contributed by atoms with Gasteiger partial charge < -0.3 is 15.5 Å². The number of thiazole rings is 1. The van der Waals surface area contributed by atoms with Crippen LogP contribution in [0.25, 0.3) is 0 Å². The Balaban J connectivity index is 1.71. The Labute approximate surface area is 193 Å². The third-order valence-electron chi connectivity index (χ3n) is 5.70. The van der Waals surface area contributed by atoms with Crippen LogP contribution in [-0.4, -0.2) is 39.7 Å². The summed E-state index contributed by atoms with van der Waals surface area (Å²) in [6.07, 6.45) is 5.91. The number of nitrogens with one attached hydrogen (secondary N) is 2. The number of amides is 3. The molecule has 1 aromatic carbocycles. The van der Waals surface area contributed by atoms with Gasteiger partial charge in [-0.05, 0) is 24.3 Å². The maximum atomic E-state index is 13.3. The van der Waals surface area contributed by atoms with Crippen molar-refractivity contribution in [2.75, 3.05) is 5.32 Å². The van der Waals surface area contributed by atoms with Crippen molar-refractivity contribution < 1.29 is 14.4 Å². The van der Waals surface area contributed by atoms with E-state index in [-0.39, 0.29) is 42.5 Å². The summed E-state index contributed by atoms with van der Waals surface area (Å²) in [6.45, 7) is 4.24. The molecule has 0 saturated heterocycles. The molecule has 1 saturated carbocycles. The summed E-state index contributed by atoms with van der Waals surface area (Å²) in [5.41, 5.74) is 0.951. The molecular formula is C24H32N4O3S. The van der Waals surface area contributed by atoms with Crippen molar-refractivity contribution in [1.82, 2.24) is 15.2 Å². The maximum absolute atomic E-state index is 13.3. The molecule has 3 rings (SSSR count). The lowest BCUT2D eigenvalue weighted by Gasteiger charge is -2.34. The summed E-state index contributed by atoms with van der Waals surface area (Å²) in [5, 5.41) is 8.15. The highest BCUT2D eigenvalue weighted by molar-refractivity contribution is 7.13. The van der Waals surface area contributed by atoms with Gasteiger partial charge in [-0.1, -0.05) is 57.0 Å². The molecular weight excluding hydrogens is 424 g/mol. The molecule has 1 unspecified atom stereocenters. The molecule has 1 fully saturated rings. The van der Waals surface area contributed by atoms with Gasteiger partial charge in [-0.15, -0.1) is 11.3 Å². The molecule has 1 atom stereocenters. The fraction of sp³-hybridized carbons (Fsp3) is 0.500. The van der Waals surface area contributed by atoms with Crippen LogP contribution in [0.15, 0.2) is 41.9 Å². The lowest BCUT2D eigenvalue weighted by atomic mass is 9.99. The van der Waals surface area contributed by atoms with Crippen LogP contribution in [0.3, 0.4) is 0 Å². The minimum absolute atomic E-state index is 0.0317. The summed E-state index contributed by atoms with van der Waals surface area (Å²) in [7, 11) is 0. The van der Waals surface area contributed by atoms with Crippen LogP contribution in [-0.2, 0) is 20.9 Å². The minimum atomic E-state index is -0.592. The fourth-order valence-electron chi connectivity index (χ4n) is 4.11. The number of hydrogen-bond acceptors (Lipinski definition) is 5. The molecule has 1 aliphatic rings. The monoisotopic (exact) mass is 456 g/mol. The highest BCUT2D eigenvalue weighted by Gasteiger charge is 2.34. The number of hydrogen-bond donors (Lipinski definition) is 2. The lowest BCUT2D eigenvalue weighted by molar-refractivity contribution is -0.143. The molecule has 0 spiro atoms. The Morgan fingerprint density at radius 2 is 1.84 bits per heavy atom. The summed E-state index contributed by atoms with van der Waals surface area (Å²) in [5.74, 6) is -0.635. The topological polar surface area (TPSA) is 91.4 Å². The second-order valence-corrected chi connectivity index (χ2v) is 9.47. The van der Waals surface area contributed by atoms with E-state index in [0.717, 1.165) is 31.2 Å². The number of benzene rings is 1. The first-order valence-corrected chi connectivity index (χ1v) is 12.1. The van der Waals surface area contributed by atoms with Gasteiger partial charge in [0.2, 0.25) is 17.7 Å². The zero-order valence-corrected chi connectivity index (χ0v) is 19.6. The SMILES string of the molecule is CC(C)C(C(=O)NC1CCCC1)N(Cc1ccccc1)C(=O)CCC(=O)Nc1nccs1. The van der Waals surface area contributed by atoms with Crippen molar-refractivity contribution in [3.63, 3.8) is 0 Å². The Morgan fingerprint density at radius 3 is 2.47 bits per heavy atom. The maximum Gasteiger partial charge on any atom is 0.243 e. The van der Waals surface area contributed by atoms with Gasteiger partial charge in [0, 0.05) is 37.0 Å². The number of carbonyl (C=O) groups is 3. The van der Waals surface area contributed by atoms with Crippen LogP contribution in [0.2, 0.25) is 0 Å². The van der Waals surface area contributed by atoms with E-state index in [0.29, 0.717) is 11.7 Å². The molecule has 8 heteroatoms. The van der Waals surface area contributed by atoms with E-state index in [4.69, 9.17) is 0 Å². The van der Waals surface area contributed by atoms with Gasteiger partial charge in [-0.2, -0.15) is 0 Å². The molecule has 172 valence electrons. The van der Waals surface area contributed by atoms with Crippen molar-refractivity contribution in [1.29, 1.82) is 0 Å². The zero-order chi connectivity index (χ0) is 22.9. The van der Waals surface area contributed by atoms with Gasteiger partial charge in [-0.3, -0.25) is 14.4 Å². The highest BCUT2D eigenvalue weighted by atomic mass is 32.1. The second kappa shape index (κ2) is 11.8. The van der Waals surface area contributed by atoms with E-state index < -0.39 is 6.04 Å². The van der Waals surface area contributed by atoms with Gasteiger partial charge in [0.1, 0.15) is 6.04 Å². The Bertz CT molecular complexity index is 880. The largest absolute Gasteiger partial charge is 0.352 e. The van der Waals surface area contributed by atoms with Crippen LogP contribution >= 0.6 is 11.3 Å². The molecule has 2 aromatic rings. The summed E-state index contributed by atoms with van der Waals surface area (Å²) >= 11 is 1.33. The normalized spacial score (nSPS) is 14.8. The first-order valence-electron chi connectivity index (χ1n) is 11.3. The summed E-state index contributed by atoms with van der Waals surface area (Å²) in [6, 6.07) is 9.24. The van der Waals surface area contributed by atoms with E-state index >= 15 is 0 Å². The first-order chi connectivity index (χ1) is 15.4. The third-order valence-corrected chi connectivity index (χ3v) is 6.39. The number of anilines is 1. The highest BCUT2D eigenvalue weighted by Crippen LogP contribution is 2.21. The van der Waals surface area contributed by atoms with Gasteiger partial charge in [0.25, 0.3) is 0 Å². The molecule has 1 heterocycles. The average molecular weight is 457 g/mol. The molecule has 0 radical (unpaired) electrons. The van der Waals surface area contributed by atoms with E-state index in [2.05, 4.69) is 15.6 Å². The van der Waals surface area contributed by atoms with Gasteiger partial charge in [0.05, 0.1) is 0 Å². The van der Waals surface area contributed by atoms with Crippen molar-refractivity contribution in [2.45, 2.75) is 71.0 Å². The molecule has 2 N–H and O–H groups in total. The Kier molecular flexibility index (Phi) is 8.79. The van der Waals surface area contributed by atoms with E-state index in [1.165, 1.54) is 11.3 Å². The second-order valence-electron chi connectivity index (χ2n) is 8.57. The first kappa shape index (κ1) is 23.9. The molecule has 3 amide bonds. The van der Waals surface area contributed by atoms with E-state index in [1.54, 1.807) is 16.5 Å². The van der Waals surface area contributed by atoms with Gasteiger partial charge >= 0.3 is 0 Å². The number of aromatic nitrogens is 1.